The first-order chi connectivity index (χ1) is 13.0. The summed E-state index contributed by atoms with van der Waals surface area (Å²) in [5.74, 6) is -0.750. The summed E-state index contributed by atoms with van der Waals surface area (Å²) < 4.78 is 7.79. The quantitative estimate of drug-likeness (QED) is 0.703. The van der Waals surface area contributed by atoms with Crippen LogP contribution in [0.1, 0.15) is 22.8 Å². The van der Waals surface area contributed by atoms with Crippen LogP contribution in [0.15, 0.2) is 47.3 Å². The fourth-order valence-corrected chi connectivity index (χ4v) is 3.11. The monoisotopic (exact) mass is 367 g/mol. The zero-order valence-corrected chi connectivity index (χ0v) is 15.5. The number of anilines is 1. The number of benzene rings is 2. The first-order valence-corrected chi connectivity index (χ1v) is 8.63. The molecule has 0 unspecified atom stereocenters. The van der Waals surface area contributed by atoms with Crippen LogP contribution in [-0.4, -0.2) is 28.1 Å². The van der Waals surface area contributed by atoms with Gasteiger partial charge < -0.3 is 10.1 Å². The van der Waals surface area contributed by atoms with Gasteiger partial charge in [-0.2, -0.15) is 0 Å². The summed E-state index contributed by atoms with van der Waals surface area (Å²) >= 11 is 0. The second kappa shape index (κ2) is 7.49. The molecule has 1 amide bonds. The van der Waals surface area contributed by atoms with Crippen molar-refractivity contribution >= 4 is 28.6 Å². The molecule has 0 atom stereocenters. The highest BCUT2D eigenvalue weighted by molar-refractivity contribution is 5.94. The summed E-state index contributed by atoms with van der Waals surface area (Å²) in [5, 5.41) is 2.80. The van der Waals surface area contributed by atoms with Crippen LogP contribution in [0, 0.1) is 6.92 Å². The van der Waals surface area contributed by atoms with E-state index in [-0.39, 0.29) is 18.1 Å². The van der Waals surface area contributed by atoms with Gasteiger partial charge in [-0.15, -0.1) is 0 Å². The number of amides is 1. The van der Waals surface area contributed by atoms with Crippen LogP contribution < -0.4 is 11.0 Å². The van der Waals surface area contributed by atoms with E-state index >= 15 is 0 Å². The molecule has 2 aromatic carbocycles. The number of fused-ring (bicyclic) bond motifs is 1. The van der Waals surface area contributed by atoms with Gasteiger partial charge in [-0.25, -0.2) is 9.59 Å². The number of nitrogens with one attached hydrogen (secondary N) is 1. The van der Waals surface area contributed by atoms with Crippen molar-refractivity contribution in [2.24, 2.45) is 0 Å². The standard InChI is InChI=1S/C20H21N3O4/c1-4-22-16-7-5-6-8-17(16)23(20(22)26)12-18(24)21-15-10-9-14(11-13(15)2)19(25)27-3/h5-11H,4,12H2,1-3H3,(H,21,24). The number of carbonyl (C=O) groups excluding carboxylic acids is 2. The molecule has 3 rings (SSSR count). The molecular formula is C20H21N3O4. The van der Waals surface area contributed by atoms with Crippen molar-refractivity contribution in [3.8, 4) is 0 Å². The number of carbonyl (C=O) groups is 2. The molecule has 140 valence electrons. The van der Waals surface area contributed by atoms with E-state index in [0.29, 0.717) is 17.8 Å². The van der Waals surface area contributed by atoms with Gasteiger partial charge in [0.25, 0.3) is 0 Å². The minimum absolute atomic E-state index is 0.0927. The summed E-state index contributed by atoms with van der Waals surface area (Å²) in [6.07, 6.45) is 0. The molecule has 1 N–H and O–H groups in total. The highest BCUT2D eigenvalue weighted by atomic mass is 16.5. The van der Waals surface area contributed by atoms with E-state index in [0.717, 1.165) is 16.6 Å². The van der Waals surface area contributed by atoms with E-state index in [1.807, 2.05) is 31.2 Å². The first kappa shape index (κ1) is 18.4. The minimum atomic E-state index is -0.435. The third kappa shape index (κ3) is 3.48. The molecule has 7 nitrogen and oxygen atoms in total. The topological polar surface area (TPSA) is 82.3 Å². The molecular weight excluding hydrogens is 346 g/mol. The maximum Gasteiger partial charge on any atom is 0.337 e. The van der Waals surface area contributed by atoms with Crippen molar-refractivity contribution in [2.75, 3.05) is 12.4 Å². The second-order valence-corrected chi connectivity index (χ2v) is 6.17. The Morgan fingerprint density at radius 1 is 1.07 bits per heavy atom. The number of aryl methyl sites for hydroxylation is 2. The average molecular weight is 367 g/mol. The number of rotatable bonds is 5. The fourth-order valence-electron chi connectivity index (χ4n) is 3.11. The van der Waals surface area contributed by atoms with Crippen molar-refractivity contribution in [2.45, 2.75) is 26.9 Å². The lowest BCUT2D eigenvalue weighted by molar-refractivity contribution is -0.116. The smallest absolute Gasteiger partial charge is 0.337 e. The highest BCUT2D eigenvalue weighted by Crippen LogP contribution is 2.18. The van der Waals surface area contributed by atoms with Crippen LogP contribution in [0.5, 0.6) is 0 Å². The first-order valence-electron chi connectivity index (χ1n) is 8.63. The van der Waals surface area contributed by atoms with Crippen LogP contribution in [0.25, 0.3) is 11.0 Å². The lowest BCUT2D eigenvalue weighted by Gasteiger charge is -2.10. The second-order valence-electron chi connectivity index (χ2n) is 6.17. The van der Waals surface area contributed by atoms with Crippen LogP contribution >= 0.6 is 0 Å². The van der Waals surface area contributed by atoms with Crippen LogP contribution in [0.3, 0.4) is 0 Å². The summed E-state index contributed by atoms with van der Waals surface area (Å²) in [6, 6.07) is 12.3. The highest BCUT2D eigenvalue weighted by Gasteiger charge is 2.15. The van der Waals surface area contributed by atoms with Crippen LogP contribution in [0.4, 0.5) is 5.69 Å². The molecule has 0 saturated heterocycles. The normalized spacial score (nSPS) is 10.8. The lowest BCUT2D eigenvalue weighted by atomic mass is 10.1. The number of para-hydroxylation sites is 2. The minimum Gasteiger partial charge on any atom is -0.465 e. The zero-order chi connectivity index (χ0) is 19.6. The average Bonchev–Trinajstić information content (AvgIpc) is 2.94. The Morgan fingerprint density at radius 2 is 1.74 bits per heavy atom. The molecule has 3 aromatic rings. The Kier molecular flexibility index (Phi) is 5.12. The van der Waals surface area contributed by atoms with E-state index in [1.165, 1.54) is 11.7 Å². The molecule has 0 aliphatic carbocycles. The Balaban J connectivity index is 1.85. The van der Waals surface area contributed by atoms with E-state index in [4.69, 9.17) is 4.74 Å². The predicted octanol–water partition coefficient (Wildman–Crippen LogP) is 2.56. The van der Waals surface area contributed by atoms with Gasteiger partial charge in [0.15, 0.2) is 0 Å². The van der Waals surface area contributed by atoms with Crippen molar-refractivity contribution in [1.82, 2.24) is 9.13 Å². The van der Waals surface area contributed by atoms with Gasteiger partial charge >= 0.3 is 11.7 Å². The number of ether oxygens (including phenoxy) is 1. The SMILES string of the molecule is CCn1c(=O)n(CC(=O)Nc2ccc(C(=O)OC)cc2C)c2ccccc21. The molecule has 0 fully saturated rings. The number of nitrogens with zero attached hydrogens (tertiary/aromatic N) is 2. The largest absolute Gasteiger partial charge is 0.465 e. The molecule has 0 spiro atoms. The number of esters is 1. The lowest BCUT2D eigenvalue weighted by Crippen LogP contribution is -2.29. The van der Waals surface area contributed by atoms with E-state index in [2.05, 4.69) is 5.32 Å². The number of hydrogen-bond donors (Lipinski definition) is 1. The molecule has 1 heterocycles. The van der Waals surface area contributed by atoms with Crippen molar-refractivity contribution in [3.63, 3.8) is 0 Å². The molecule has 27 heavy (non-hydrogen) atoms. The predicted molar refractivity (Wildman–Crippen MR) is 103 cm³/mol. The molecule has 7 heteroatoms. The molecule has 0 aliphatic heterocycles. The maximum absolute atomic E-state index is 12.6. The third-order valence-corrected chi connectivity index (χ3v) is 4.46. The zero-order valence-electron chi connectivity index (χ0n) is 15.5. The molecule has 0 aliphatic rings. The van der Waals surface area contributed by atoms with Crippen molar-refractivity contribution < 1.29 is 14.3 Å². The van der Waals surface area contributed by atoms with Crippen LogP contribution in [0.2, 0.25) is 0 Å². The fraction of sp³-hybridized carbons (Fsp3) is 0.250. The summed E-state index contributed by atoms with van der Waals surface area (Å²) in [5.41, 5.74) is 3.03. The van der Waals surface area contributed by atoms with Crippen molar-refractivity contribution in [1.29, 1.82) is 0 Å². The summed E-state index contributed by atoms with van der Waals surface area (Å²) in [7, 11) is 1.32. The summed E-state index contributed by atoms with van der Waals surface area (Å²) in [6.45, 7) is 4.12. The van der Waals surface area contributed by atoms with Crippen molar-refractivity contribution in [3.05, 3.63) is 64.1 Å². The van der Waals surface area contributed by atoms with Gasteiger partial charge in [-0.3, -0.25) is 13.9 Å². The number of aromatic nitrogens is 2. The van der Waals surface area contributed by atoms with E-state index in [9.17, 15) is 14.4 Å². The third-order valence-electron chi connectivity index (χ3n) is 4.46. The van der Waals surface area contributed by atoms with Gasteiger partial charge in [0, 0.05) is 12.2 Å². The molecule has 1 aromatic heterocycles. The molecule has 0 saturated carbocycles. The number of methoxy groups -OCH3 is 1. The van der Waals surface area contributed by atoms with Gasteiger partial charge in [-0.1, -0.05) is 12.1 Å². The molecule has 0 radical (unpaired) electrons. The summed E-state index contributed by atoms with van der Waals surface area (Å²) in [4.78, 5) is 36.7. The Hall–Kier alpha value is -3.35. The number of hydrogen-bond acceptors (Lipinski definition) is 4. The van der Waals surface area contributed by atoms with Gasteiger partial charge in [-0.05, 0) is 49.7 Å². The Bertz CT molecular complexity index is 1080. The number of imidazole rings is 1. The van der Waals surface area contributed by atoms with Crippen LogP contribution in [-0.2, 0) is 22.6 Å². The Morgan fingerprint density at radius 3 is 2.33 bits per heavy atom. The van der Waals surface area contributed by atoms with E-state index < -0.39 is 5.97 Å². The van der Waals surface area contributed by atoms with Gasteiger partial charge in [0.1, 0.15) is 6.54 Å². The Labute approximate surface area is 156 Å². The molecule has 0 bridgehead atoms. The van der Waals surface area contributed by atoms with E-state index in [1.54, 1.807) is 29.7 Å². The van der Waals surface area contributed by atoms with Gasteiger partial charge in [0.05, 0.1) is 23.7 Å². The maximum atomic E-state index is 12.6. The van der Waals surface area contributed by atoms with Gasteiger partial charge in [0.2, 0.25) is 5.91 Å².